The highest BCUT2D eigenvalue weighted by Crippen LogP contribution is 2.28. The van der Waals surface area contributed by atoms with Gasteiger partial charge in [0.25, 0.3) is 0 Å². The first-order chi connectivity index (χ1) is 12.0. The Kier molecular flexibility index (Phi) is 5.42. The standard InChI is InChI=1S/C22H28N2O/c1-17(2)20-6-4-5-7-21(20)23-12-14-24(15-13-23)22(25)16-19-10-8-18(3)9-11-19/h4-11,17H,12-16H2,1-3H3. The summed E-state index contributed by atoms with van der Waals surface area (Å²) in [5.41, 5.74) is 5.04. The van der Waals surface area contributed by atoms with Crippen molar-refractivity contribution in [2.45, 2.75) is 33.1 Å². The summed E-state index contributed by atoms with van der Waals surface area (Å²) in [7, 11) is 0. The molecule has 0 unspecified atom stereocenters. The first-order valence-corrected chi connectivity index (χ1v) is 9.22. The van der Waals surface area contributed by atoms with Crippen LogP contribution in [0.5, 0.6) is 0 Å². The number of piperazine rings is 1. The lowest BCUT2D eigenvalue weighted by Gasteiger charge is -2.37. The predicted octanol–water partition coefficient (Wildman–Crippen LogP) is 4.01. The zero-order valence-corrected chi connectivity index (χ0v) is 15.5. The zero-order valence-electron chi connectivity index (χ0n) is 15.5. The van der Waals surface area contributed by atoms with Crippen LogP contribution in [0.2, 0.25) is 0 Å². The second-order valence-electron chi connectivity index (χ2n) is 7.24. The smallest absolute Gasteiger partial charge is 0.227 e. The molecule has 2 aromatic carbocycles. The van der Waals surface area contributed by atoms with E-state index in [1.165, 1.54) is 16.8 Å². The molecule has 1 amide bonds. The zero-order chi connectivity index (χ0) is 17.8. The van der Waals surface area contributed by atoms with E-state index in [0.717, 1.165) is 31.7 Å². The predicted molar refractivity (Wildman–Crippen MR) is 104 cm³/mol. The van der Waals surface area contributed by atoms with Crippen LogP contribution >= 0.6 is 0 Å². The Balaban J connectivity index is 1.60. The molecule has 0 atom stereocenters. The summed E-state index contributed by atoms with van der Waals surface area (Å²) >= 11 is 0. The summed E-state index contributed by atoms with van der Waals surface area (Å²) in [6.07, 6.45) is 0.503. The van der Waals surface area contributed by atoms with Crippen molar-refractivity contribution in [1.29, 1.82) is 0 Å². The molecule has 2 aromatic rings. The largest absolute Gasteiger partial charge is 0.368 e. The van der Waals surface area contributed by atoms with E-state index in [9.17, 15) is 4.79 Å². The number of carbonyl (C=O) groups excluding carboxylic acids is 1. The van der Waals surface area contributed by atoms with E-state index in [1.807, 2.05) is 4.90 Å². The second-order valence-corrected chi connectivity index (χ2v) is 7.24. The minimum absolute atomic E-state index is 0.237. The molecule has 0 radical (unpaired) electrons. The number of nitrogens with zero attached hydrogens (tertiary/aromatic N) is 2. The maximum absolute atomic E-state index is 12.6. The summed E-state index contributed by atoms with van der Waals surface area (Å²) in [5.74, 6) is 0.748. The number of amides is 1. The van der Waals surface area contributed by atoms with Crippen molar-refractivity contribution in [3.63, 3.8) is 0 Å². The first-order valence-electron chi connectivity index (χ1n) is 9.22. The monoisotopic (exact) mass is 336 g/mol. The lowest BCUT2D eigenvalue weighted by atomic mass is 10.00. The van der Waals surface area contributed by atoms with Gasteiger partial charge in [-0.2, -0.15) is 0 Å². The minimum Gasteiger partial charge on any atom is -0.368 e. The highest BCUT2D eigenvalue weighted by Gasteiger charge is 2.23. The molecule has 1 aliphatic heterocycles. The van der Waals surface area contributed by atoms with Crippen LogP contribution < -0.4 is 4.90 Å². The van der Waals surface area contributed by atoms with Gasteiger partial charge in [-0.15, -0.1) is 0 Å². The van der Waals surface area contributed by atoms with Gasteiger partial charge in [-0.3, -0.25) is 4.79 Å². The summed E-state index contributed by atoms with van der Waals surface area (Å²) < 4.78 is 0. The van der Waals surface area contributed by atoms with Crippen molar-refractivity contribution in [1.82, 2.24) is 4.90 Å². The molecule has 1 saturated heterocycles. The number of para-hydroxylation sites is 1. The third-order valence-corrected chi connectivity index (χ3v) is 5.01. The van der Waals surface area contributed by atoms with Gasteiger partial charge in [-0.25, -0.2) is 0 Å². The Morgan fingerprint density at radius 3 is 2.24 bits per heavy atom. The molecule has 3 rings (SSSR count). The van der Waals surface area contributed by atoms with Crippen molar-refractivity contribution in [2.24, 2.45) is 0 Å². The Hall–Kier alpha value is -2.29. The number of carbonyl (C=O) groups is 1. The van der Waals surface area contributed by atoms with Crippen LogP contribution in [0.25, 0.3) is 0 Å². The van der Waals surface area contributed by atoms with Crippen LogP contribution in [-0.2, 0) is 11.2 Å². The van der Waals surface area contributed by atoms with Crippen molar-refractivity contribution in [2.75, 3.05) is 31.1 Å². The van der Waals surface area contributed by atoms with Gasteiger partial charge in [0.1, 0.15) is 0 Å². The average molecular weight is 336 g/mol. The normalized spacial score (nSPS) is 14.9. The molecule has 3 nitrogen and oxygen atoms in total. The summed E-state index contributed by atoms with van der Waals surface area (Å²) in [6.45, 7) is 9.96. The maximum Gasteiger partial charge on any atom is 0.227 e. The third kappa shape index (κ3) is 4.22. The molecule has 132 valence electrons. The van der Waals surface area contributed by atoms with E-state index >= 15 is 0 Å². The van der Waals surface area contributed by atoms with Crippen LogP contribution in [0.4, 0.5) is 5.69 Å². The molecule has 0 saturated carbocycles. The number of aryl methyl sites for hydroxylation is 1. The lowest BCUT2D eigenvalue weighted by molar-refractivity contribution is -0.130. The molecular formula is C22H28N2O. The van der Waals surface area contributed by atoms with Gasteiger partial charge in [0, 0.05) is 31.9 Å². The number of hydrogen-bond acceptors (Lipinski definition) is 2. The molecule has 0 aliphatic carbocycles. The fraction of sp³-hybridized carbons (Fsp3) is 0.409. The highest BCUT2D eigenvalue weighted by atomic mass is 16.2. The van der Waals surface area contributed by atoms with Gasteiger partial charge in [-0.05, 0) is 30.0 Å². The van der Waals surface area contributed by atoms with Crippen LogP contribution in [0.15, 0.2) is 48.5 Å². The first kappa shape index (κ1) is 17.5. The number of rotatable bonds is 4. The fourth-order valence-corrected chi connectivity index (χ4v) is 3.45. The molecule has 1 heterocycles. The molecule has 0 spiro atoms. The van der Waals surface area contributed by atoms with Crippen molar-refractivity contribution >= 4 is 11.6 Å². The van der Waals surface area contributed by atoms with E-state index in [0.29, 0.717) is 12.3 Å². The Morgan fingerprint density at radius 1 is 0.960 bits per heavy atom. The Labute approximate surface area is 151 Å². The van der Waals surface area contributed by atoms with E-state index in [2.05, 4.69) is 74.2 Å². The Bertz CT molecular complexity index is 713. The summed E-state index contributed by atoms with van der Waals surface area (Å²) in [5, 5.41) is 0. The lowest BCUT2D eigenvalue weighted by Crippen LogP contribution is -2.49. The topological polar surface area (TPSA) is 23.6 Å². The fourth-order valence-electron chi connectivity index (χ4n) is 3.45. The quantitative estimate of drug-likeness (QED) is 0.842. The molecule has 0 bridgehead atoms. The highest BCUT2D eigenvalue weighted by molar-refractivity contribution is 5.79. The molecule has 25 heavy (non-hydrogen) atoms. The van der Waals surface area contributed by atoms with E-state index < -0.39 is 0 Å². The van der Waals surface area contributed by atoms with E-state index in [4.69, 9.17) is 0 Å². The SMILES string of the molecule is Cc1ccc(CC(=O)N2CCN(c3ccccc3C(C)C)CC2)cc1. The number of benzene rings is 2. The van der Waals surface area contributed by atoms with Gasteiger partial charge in [0.15, 0.2) is 0 Å². The molecule has 0 N–H and O–H groups in total. The van der Waals surface area contributed by atoms with Gasteiger partial charge in [0.05, 0.1) is 6.42 Å². The van der Waals surface area contributed by atoms with Gasteiger partial charge < -0.3 is 9.80 Å². The van der Waals surface area contributed by atoms with Crippen molar-refractivity contribution in [3.05, 3.63) is 65.2 Å². The molecule has 1 aliphatic rings. The van der Waals surface area contributed by atoms with Gasteiger partial charge in [0.2, 0.25) is 5.91 Å². The van der Waals surface area contributed by atoms with Crippen LogP contribution in [-0.4, -0.2) is 37.0 Å². The Morgan fingerprint density at radius 2 is 1.60 bits per heavy atom. The molecule has 3 heteroatoms. The minimum atomic E-state index is 0.237. The van der Waals surface area contributed by atoms with E-state index in [-0.39, 0.29) is 5.91 Å². The van der Waals surface area contributed by atoms with Gasteiger partial charge >= 0.3 is 0 Å². The second kappa shape index (κ2) is 7.73. The summed E-state index contributed by atoms with van der Waals surface area (Å²) in [6, 6.07) is 16.9. The number of hydrogen-bond donors (Lipinski definition) is 0. The van der Waals surface area contributed by atoms with Gasteiger partial charge in [-0.1, -0.05) is 61.9 Å². The van der Waals surface area contributed by atoms with Crippen molar-refractivity contribution < 1.29 is 4.79 Å². The number of anilines is 1. The van der Waals surface area contributed by atoms with E-state index in [1.54, 1.807) is 0 Å². The molecule has 1 fully saturated rings. The third-order valence-electron chi connectivity index (χ3n) is 5.01. The molecular weight excluding hydrogens is 308 g/mol. The maximum atomic E-state index is 12.6. The van der Waals surface area contributed by atoms with Crippen molar-refractivity contribution in [3.8, 4) is 0 Å². The van der Waals surface area contributed by atoms with Crippen LogP contribution in [0, 0.1) is 6.92 Å². The average Bonchev–Trinajstić information content (AvgIpc) is 2.63. The molecule has 0 aromatic heterocycles. The van der Waals surface area contributed by atoms with Crippen LogP contribution in [0.3, 0.4) is 0 Å². The van der Waals surface area contributed by atoms with Crippen LogP contribution in [0.1, 0.15) is 36.5 Å². The summed E-state index contributed by atoms with van der Waals surface area (Å²) in [4.78, 5) is 17.0.